The van der Waals surface area contributed by atoms with Gasteiger partial charge in [0, 0.05) is 12.3 Å². The van der Waals surface area contributed by atoms with Gasteiger partial charge in [-0.1, -0.05) is 30.3 Å². The fraction of sp³-hybridized carbons (Fsp3) is 0.0769. The third kappa shape index (κ3) is 2.57. The van der Waals surface area contributed by atoms with E-state index < -0.39 is 0 Å². The molecule has 0 spiro atoms. The second-order valence-electron chi connectivity index (χ2n) is 3.95. The van der Waals surface area contributed by atoms with Crippen LogP contribution in [0.2, 0.25) is 0 Å². The number of nitrogens with zero attached hydrogens (tertiary/aromatic N) is 5. The van der Waals surface area contributed by atoms with E-state index in [4.69, 9.17) is 0 Å². The molecule has 3 aromatic rings. The lowest BCUT2D eigenvalue weighted by molar-refractivity contribution is 0.844. The molecule has 6 nitrogen and oxygen atoms in total. The average molecular weight is 252 g/mol. The van der Waals surface area contributed by atoms with Crippen molar-refractivity contribution in [3.05, 3.63) is 60.6 Å². The van der Waals surface area contributed by atoms with Crippen LogP contribution in [0.4, 0.5) is 11.8 Å². The molecule has 0 saturated carbocycles. The molecule has 0 aliphatic rings. The molecule has 0 unspecified atom stereocenters. The Kier molecular flexibility index (Phi) is 3.14. The molecule has 2 heterocycles. The second kappa shape index (κ2) is 5.26. The summed E-state index contributed by atoms with van der Waals surface area (Å²) in [7, 11) is 0. The summed E-state index contributed by atoms with van der Waals surface area (Å²) in [5, 5.41) is 14.9. The minimum atomic E-state index is 0.526. The zero-order chi connectivity index (χ0) is 12.9. The van der Waals surface area contributed by atoms with E-state index in [2.05, 4.69) is 37.5 Å². The Hall–Kier alpha value is -2.76. The highest BCUT2D eigenvalue weighted by Gasteiger charge is 2.14. The minimum absolute atomic E-state index is 0.526. The molecule has 0 fully saturated rings. The predicted molar refractivity (Wildman–Crippen MR) is 70.7 cm³/mol. The van der Waals surface area contributed by atoms with E-state index in [1.54, 1.807) is 18.6 Å². The molecule has 3 rings (SSSR count). The summed E-state index contributed by atoms with van der Waals surface area (Å²) in [6.45, 7) is 0.636. The van der Waals surface area contributed by atoms with Gasteiger partial charge in [0.1, 0.15) is 0 Å². The molecule has 0 saturated heterocycles. The van der Waals surface area contributed by atoms with Crippen LogP contribution >= 0.6 is 0 Å². The summed E-state index contributed by atoms with van der Waals surface area (Å²) in [6, 6.07) is 12.0. The van der Waals surface area contributed by atoms with E-state index in [0.29, 0.717) is 12.5 Å². The molecule has 1 N–H and O–H groups in total. The van der Waals surface area contributed by atoms with Crippen LogP contribution < -0.4 is 4.90 Å². The highest BCUT2D eigenvalue weighted by Crippen LogP contribution is 2.20. The van der Waals surface area contributed by atoms with E-state index >= 15 is 0 Å². The number of H-pyrrole nitrogens is 1. The van der Waals surface area contributed by atoms with Gasteiger partial charge in [0.05, 0.1) is 18.9 Å². The van der Waals surface area contributed by atoms with Crippen LogP contribution in [0.3, 0.4) is 0 Å². The van der Waals surface area contributed by atoms with Gasteiger partial charge in [0.2, 0.25) is 0 Å². The van der Waals surface area contributed by atoms with E-state index in [9.17, 15) is 0 Å². The largest absolute Gasteiger partial charge is 0.288 e. The van der Waals surface area contributed by atoms with Crippen molar-refractivity contribution in [2.75, 3.05) is 4.90 Å². The number of hydrogen-bond acceptors (Lipinski definition) is 5. The van der Waals surface area contributed by atoms with Gasteiger partial charge in [-0.05, 0) is 5.56 Å². The van der Waals surface area contributed by atoms with Gasteiger partial charge in [0.15, 0.2) is 5.82 Å². The Bertz CT molecular complexity index is 608. The lowest BCUT2D eigenvalue weighted by atomic mass is 10.2. The quantitative estimate of drug-likeness (QED) is 0.768. The Morgan fingerprint density at radius 3 is 2.63 bits per heavy atom. The first kappa shape index (κ1) is 11.3. The van der Waals surface area contributed by atoms with Crippen molar-refractivity contribution < 1.29 is 0 Å². The molecular formula is C13H12N6. The highest BCUT2D eigenvalue weighted by molar-refractivity contribution is 5.51. The van der Waals surface area contributed by atoms with Gasteiger partial charge in [-0.25, -0.2) is 4.98 Å². The maximum atomic E-state index is 4.23. The molecule has 0 aliphatic heterocycles. The first-order chi connectivity index (χ1) is 9.43. The maximum Gasteiger partial charge on any atom is 0.251 e. The standard InChI is InChI=1S/C13H12N6/c1-2-4-11(5-3-1)10-19(12-6-7-15-17-12)13-14-8-9-16-18-13/h1-9H,10H2,(H,15,17). The number of hydrogen-bond donors (Lipinski definition) is 1. The Labute approximate surface area is 110 Å². The van der Waals surface area contributed by atoms with Crippen molar-refractivity contribution in [1.29, 1.82) is 0 Å². The Balaban J connectivity index is 1.94. The molecule has 94 valence electrons. The average Bonchev–Trinajstić information content (AvgIpc) is 3.01. The van der Waals surface area contributed by atoms with Gasteiger partial charge in [-0.2, -0.15) is 10.2 Å². The highest BCUT2D eigenvalue weighted by atomic mass is 15.4. The minimum Gasteiger partial charge on any atom is -0.288 e. The maximum absolute atomic E-state index is 4.23. The summed E-state index contributed by atoms with van der Waals surface area (Å²) < 4.78 is 0. The van der Waals surface area contributed by atoms with E-state index in [-0.39, 0.29) is 0 Å². The van der Waals surface area contributed by atoms with Crippen LogP contribution in [0.5, 0.6) is 0 Å². The summed E-state index contributed by atoms with van der Waals surface area (Å²) in [5.41, 5.74) is 1.15. The molecule has 19 heavy (non-hydrogen) atoms. The van der Waals surface area contributed by atoms with Crippen molar-refractivity contribution in [2.45, 2.75) is 6.54 Å². The number of aromatic amines is 1. The number of rotatable bonds is 4. The molecule has 2 aromatic heterocycles. The van der Waals surface area contributed by atoms with Gasteiger partial charge in [0.25, 0.3) is 5.95 Å². The summed E-state index contributed by atoms with van der Waals surface area (Å²) >= 11 is 0. The number of nitrogens with one attached hydrogen (secondary N) is 1. The van der Waals surface area contributed by atoms with Gasteiger partial charge >= 0.3 is 0 Å². The zero-order valence-electron chi connectivity index (χ0n) is 10.1. The van der Waals surface area contributed by atoms with Crippen LogP contribution in [-0.2, 0) is 6.54 Å². The molecule has 6 heteroatoms. The SMILES string of the molecule is c1ccc(CN(c2cc[nH]n2)c2nccnn2)cc1. The molecule has 0 atom stereocenters. The number of aromatic nitrogens is 5. The van der Waals surface area contributed by atoms with Gasteiger partial charge < -0.3 is 0 Å². The van der Waals surface area contributed by atoms with E-state index in [0.717, 1.165) is 11.4 Å². The molecular weight excluding hydrogens is 240 g/mol. The summed E-state index contributed by atoms with van der Waals surface area (Å²) in [6.07, 6.45) is 4.94. The molecule has 0 aliphatic carbocycles. The number of benzene rings is 1. The molecule has 0 bridgehead atoms. The van der Waals surface area contributed by atoms with Crippen molar-refractivity contribution >= 4 is 11.8 Å². The Morgan fingerprint density at radius 1 is 1.05 bits per heavy atom. The van der Waals surface area contributed by atoms with Gasteiger partial charge in [-0.3, -0.25) is 10.00 Å². The van der Waals surface area contributed by atoms with Crippen LogP contribution in [0.25, 0.3) is 0 Å². The first-order valence-corrected chi connectivity index (χ1v) is 5.88. The van der Waals surface area contributed by atoms with Crippen molar-refractivity contribution in [2.24, 2.45) is 0 Å². The predicted octanol–water partition coefficient (Wildman–Crippen LogP) is 1.93. The lowest BCUT2D eigenvalue weighted by Gasteiger charge is -2.19. The fourth-order valence-corrected chi connectivity index (χ4v) is 1.79. The molecule has 0 amide bonds. The Morgan fingerprint density at radius 2 is 1.95 bits per heavy atom. The summed E-state index contributed by atoms with van der Waals surface area (Å²) in [4.78, 5) is 6.13. The van der Waals surface area contributed by atoms with E-state index in [1.807, 2.05) is 29.2 Å². The van der Waals surface area contributed by atoms with Gasteiger partial charge in [-0.15, -0.1) is 5.10 Å². The molecule has 0 radical (unpaired) electrons. The topological polar surface area (TPSA) is 70.6 Å². The van der Waals surface area contributed by atoms with Crippen LogP contribution in [-0.4, -0.2) is 25.4 Å². The number of anilines is 2. The van der Waals surface area contributed by atoms with Crippen molar-refractivity contribution in [3.8, 4) is 0 Å². The van der Waals surface area contributed by atoms with Crippen molar-refractivity contribution in [1.82, 2.24) is 25.4 Å². The zero-order valence-corrected chi connectivity index (χ0v) is 10.1. The second-order valence-corrected chi connectivity index (χ2v) is 3.95. The third-order valence-electron chi connectivity index (χ3n) is 2.66. The molecule has 1 aromatic carbocycles. The monoisotopic (exact) mass is 252 g/mol. The third-order valence-corrected chi connectivity index (χ3v) is 2.66. The summed E-state index contributed by atoms with van der Waals surface area (Å²) in [5.74, 6) is 1.29. The fourth-order valence-electron chi connectivity index (χ4n) is 1.79. The lowest BCUT2D eigenvalue weighted by Crippen LogP contribution is -2.19. The first-order valence-electron chi connectivity index (χ1n) is 5.88. The normalized spacial score (nSPS) is 10.3. The smallest absolute Gasteiger partial charge is 0.251 e. The van der Waals surface area contributed by atoms with Crippen LogP contribution in [0.15, 0.2) is 55.0 Å². The van der Waals surface area contributed by atoms with Crippen molar-refractivity contribution in [3.63, 3.8) is 0 Å². The van der Waals surface area contributed by atoms with E-state index in [1.165, 1.54) is 0 Å². The van der Waals surface area contributed by atoms with Crippen LogP contribution in [0, 0.1) is 0 Å². The van der Waals surface area contributed by atoms with Crippen LogP contribution in [0.1, 0.15) is 5.56 Å².